The van der Waals surface area contributed by atoms with Crippen LogP contribution in [0.15, 0.2) is 28.7 Å². The van der Waals surface area contributed by atoms with Crippen LogP contribution in [0.5, 0.6) is 0 Å². The van der Waals surface area contributed by atoms with Crippen LogP contribution in [0.25, 0.3) is 0 Å². The standard InChI is InChI=1S/C6H4BrF/c7-5-1-3-6(8)4-2-5/h1-4H/i3D. The van der Waals surface area contributed by atoms with Crippen molar-refractivity contribution in [1.29, 1.82) is 0 Å². The second-order valence-corrected chi connectivity index (χ2v) is 2.27. The number of halogens is 2. The Balaban J connectivity index is 3.17. The minimum Gasteiger partial charge on any atom is -0.207 e. The number of hydrogen-bond donors (Lipinski definition) is 0. The lowest BCUT2D eigenvalue weighted by Crippen LogP contribution is -1.67. The molecule has 8 heavy (non-hydrogen) atoms. The van der Waals surface area contributed by atoms with Gasteiger partial charge in [0.1, 0.15) is 5.82 Å². The Labute approximate surface area is 56.9 Å². The fourth-order valence-corrected chi connectivity index (χ4v) is 0.634. The molecule has 1 aromatic rings. The van der Waals surface area contributed by atoms with Crippen LogP contribution in [-0.4, -0.2) is 0 Å². The van der Waals surface area contributed by atoms with E-state index in [4.69, 9.17) is 1.37 Å². The molecule has 0 aliphatic rings. The Morgan fingerprint density at radius 2 is 2.25 bits per heavy atom. The minimum absolute atomic E-state index is 0.0793. The van der Waals surface area contributed by atoms with Gasteiger partial charge in [0.05, 0.1) is 1.37 Å². The number of rotatable bonds is 0. The summed E-state index contributed by atoms with van der Waals surface area (Å²) in [6.45, 7) is 0. The van der Waals surface area contributed by atoms with Crippen molar-refractivity contribution in [1.82, 2.24) is 0 Å². The lowest BCUT2D eigenvalue weighted by Gasteiger charge is -1.85. The quantitative estimate of drug-likeness (QED) is 0.569. The molecule has 0 amide bonds. The molecule has 42 valence electrons. The van der Waals surface area contributed by atoms with Gasteiger partial charge in [-0.05, 0) is 24.2 Å². The summed E-state index contributed by atoms with van der Waals surface area (Å²) >= 11 is 3.11. The highest BCUT2D eigenvalue weighted by Crippen LogP contribution is 2.08. The van der Waals surface area contributed by atoms with Crippen molar-refractivity contribution in [3.05, 3.63) is 34.5 Å². The van der Waals surface area contributed by atoms with Crippen molar-refractivity contribution in [2.45, 2.75) is 0 Å². The molecule has 0 spiro atoms. The van der Waals surface area contributed by atoms with Crippen LogP contribution in [0.3, 0.4) is 0 Å². The van der Waals surface area contributed by atoms with E-state index in [-0.39, 0.29) is 6.04 Å². The van der Waals surface area contributed by atoms with Gasteiger partial charge in [-0.1, -0.05) is 15.9 Å². The normalized spacial score (nSPS) is 11.0. The monoisotopic (exact) mass is 175 g/mol. The third-order valence-electron chi connectivity index (χ3n) is 0.737. The van der Waals surface area contributed by atoms with Crippen molar-refractivity contribution in [3.8, 4) is 0 Å². The molecular weight excluding hydrogens is 171 g/mol. The maximum atomic E-state index is 12.3. The summed E-state index contributed by atoms with van der Waals surface area (Å²) in [5.74, 6) is -0.488. The van der Waals surface area contributed by atoms with Gasteiger partial charge in [0.15, 0.2) is 0 Å². The molecule has 0 nitrogen and oxygen atoms in total. The summed E-state index contributed by atoms with van der Waals surface area (Å²) in [5.41, 5.74) is 0. The van der Waals surface area contributed by atoms with E-state index in [9.17, 15) is 4.39 Å². The molecule has 0 N–H and O–H groups in total. The average Bonchev–Trinajstić information content (AvgIpc) is 1.80. The van der Waals surface area contributed by atoms with Crippen molar-refractivity contribution >= 4 is 15.9 Å². The number of benzene rings is 1. The Bertz CT molecular complexity index is 224. The van der Waals surface area contributed by atoms with Crippen LogP contribution in [0, 0.1) is 5.82 Å². The predicted octanol–water partition coefficient (Wildman–Crippen LogP) is 2.59. The molecule has 0 aliphatic heterocycles. The summed E-state index contributed by atoms with van der Waals surface area (Å²) in [7, 11) is 0. The van der Waals surface area contributed by atoms with E-state index in [2.05, 4.69) is 15.9 Å². The molecule has 0 aromatic heterocycles. The van der Waals surface area contributed by atoms with Crippen LogP contribution in [-0.2, 0) is 0 Å². The van der Waals surface area contributed by atoms with Gasteiger partial charge in [-0.2, -0.15) is 0 Å². The second-order valence-electron chi connectivity index (χ2n) is 1.35. The maximum absolute atomic E-state index is 12.3. The smallest absolute Gasteiger partial charge is 0.123 e. The van der Waals surface area contributed by atoms with Crippen molar-refractivity contribution < 1.29 is 5.76 Å². The molecular formula is C6H4BrF. The zero-order chi connectivity index (χ0) is 6.85. The summed E-state index contributed by atoms with van der Waals surface area (Å²) in [6, 6.07) is 4.15. The van der Waals surface area contributed by atoms with Crippen molar-refractivity contribution in [2.24, 2.45) is 0 Å². The molecule has 2 heteroatoms. The van der Waals surface area contributed by atoms with Crippen LogP contribution < -0.4 is 0 Å². The first-order valence-electron chi connectivity index (χ1n) is 2.62. The van der Waals surface area contributed by atoms with E-state index in [0.717, 1.165) is 4.47 Å². The fourth-order valence-electron chi connectivity index (χ4n) is 0.387. The topological polar surface area (TPSA) is 0 Å². The second kappa shape index (κ2) is 2.27. The lowest BCUT2D eigenvalue weighted by atomic mass is 10.4. The molecule has 0 aliphatic carbocycles. The van der Waals surface area contributed by atoms with Crippen LogP contribution in [0.4, 0.5) is 4.39 Å². The van der Waals surface area contributed by atoms with Gasteiger partial charge in [-0.15, -0.1) is 0 Å². The lowest BCUT2D eigenvalue weighted by molar-refractivity contribution is 0.627. The van der Waals surface area contributed by atoms with Crippen LogP contribution >= 0.6 is 15.9 Å². The zero-order valence-electron chi connectivity index (χ0n) is 4.99. The molecule has 0 heterocycles. The highest BCUT2D eigenvalue weighted by molar-refractivity contribution is 9.10. The van der Waals surface area contributed by atoms with Gasteiger partial charge >= 0.3 is 0 Å². The number of hydrogen-bond acceptors (Lipinski definition) is 0. The molecule has 1 aromatic carbocycles. The first-order chi connectivity index (χ1) is 4.20. The fraction of sp³-hybridized carbons (Fsp3) is 0. The van der Waals surface area contributed by atoms with E-state index in [0.29, 0.717) is 0 Å². The predicted molar refractivity (Wildman–Crippen MR) is 34.1 cm³/mol. The highest BCUT2D eigenvalue weighted by Gasteiger charge is 1.84. The largest absolute Gasteiger partial charge is 0.207 e. The Kier molecular flexibility index (Phi) is 1.28. The SMILES string of the molecule is [2H]c1cc(Br)ccc1F. The summed E-state index contributed by atoms with van der Waals surface area (Å²) in [6.07, 6.45) is 0. The van der Waals surface area contributed by atoms with Crippen LogP contribution in [0.2, 0.25) is 0 Å². The summed E-state index contributed by atoms with van der Waals surface area (Å²) in [5, 5.41) is 0. The molecule has 0 saturated carbocycles. The highest BCUT2D eigenvalue weighted by atomic mass is 79.9. The van der Waals surface area contributed by atoms with Gasteiger partial charge in [0.2, 0.25) is 0 Å². The first kappa shape index (κ1) is 4.50. The zero-order valence-corrected chi connectivity index (χ0v) is 5.57. The van der Waals surface area contributed by atoms with E-state index in [1.165, 1.54) is 12.1 Å². The van der Waals surface area contributed by atoms with Crippen molar-refractivity contribution in [2.75, 3.05) is 0 Å². The van der Waals surface area contributed by atoms with E-state index in [1.807, 2.05) is 0 Å². The van der Waals surface area contributed by atoms with E-state index < -0.39 is 5.82 Å². The molecule has 0 fully saturated rings. The Morgan fingerprint density at radius 1 is 1.50 bits per heavy atom. The Morgan fingerprint density at radius 3 is 2.75 bits per heavy atom. The molecule has 0 radical (unpaired) electrons. The average molecular weight is 176 g/mol. The first-order valence-corrected chi connectivity index (χ1v) is 2.91. The summed E-state index contributed by atoms with van der Waals surface area (Å²) in [4.78, 5) is 0. The van der Waals surface area contributed by atoms with Gasteiger partial charge < -0.3 is 0 Å². The molecule has 0 saturated heterocycles. The van der Waals surface area contributed by atoms with E-state index in [1.54, 1.807) is 6.07 Å². The minimum atomic E-state index is -0.488. The maximum Gasteiger partial charge on any atom is 0.123 e. The van der Waals surface area contributed by atoms with Crippen LogP contribution in [0.1, 0.15) is 1.37 Å². The molecule has 0 unspecified atom stereocenters. The van der Waals surface area contributed by atoms with Gasteiger partial charge in [0, 0.05) is 4.47 Å². The third-order valence-corrected chi connectivity index (χ3v) is 1.23. The van der Waals surface area contributed by atoms with E-state index >= 15 is 0 Å². The third kappa shape index (κ3) is 1.30. The summed E-state index contributed by atoms with van der Waals surface area (Å²) < 4.78 is 20.0. The molecule has 0 atom stereocenters. The van der Waals surface area contributed by atoms with Gasteiger partial charge in [-0.25, -0.2) is 4.39 Å². The van der Waals surface area contributed by atoms with Gasteiger partial charge in [0.25, 0.3) is 0 Å². The molecule has 1 rings (SSSR count). The Hall–Kier alpha value is -0.370. The molecule has 0 bridgehead atoms. The van der Waals surface area contributed by atoms with Crippen molar-refractivity contribution in [3.63, 3.8) is 0 Å². The van der Waals surface area contributed by atoms with Gasteiger partial charge in [-0.3, -0.25) is 0 Å².